The number of nitrogens with zero attached hydrogens (tertiary/aromatic N) is 2. The number of benzene rings is 2. The van der Waals surface area contributed by atoms with E-state index in [0.717, 1.165) is 11.4 Å². The van der Waals surface area contributed by atoms with Gasteiger partial charge in [0.1, 0.15) is 0 Å². The van der Waals surface area contributed by atoms with Crippen LogP contribution in [0, 0.1) is 0 Å². The Bertz CT molecular complexity index is 534. The van der Waals surface area contributed by atoms with Crippen LogP contribution in [0.3, 0.4) is 0 Å². The molecular weight excluding hydrogens is 222 g/mol. The number of rotatable bonds is 2. The monoisotopic (exact) mass is 236 g/mol. The summed E-state index contributed by atoms with van der Waals surface area (Å²) in [6.45, 7) is 0. The largest absolute Gasteiger partial charge is 0.226 e. The van der Waals surface area contributed by atoms with E-state index in [1.807, 2.05) is 48.9 Å². The zero-order chi connectivity index (χ0) is 12.3. The van der Waals surface area contributed by atoms with Gasteiger partial charge >= 0.3 is 0 Å². The third-order valence-corrected chi connectivity index (χ3v) is 3.01. The third-order valence-electron chi connectivity index (χ3n) is 3.01. The number of aliphatic imine (C=N–C) groups is 1. The van der Waals surface area contributed by atoms with E-state index < -0.39 is 0 Å². The Labute approximate surface area is 106 Å². The van der Waals surface area contributed by atoms with Crippen LogP contribution in [-0.4, -0.2) is 6.34 Å². The highest BCUT2D eigenvalue weighted by Gasteiger charge is 2.32. The normalized spacial score (nSPS) is 16.2. The van der Waals surface area contributed by atoms with E-state index >= 15 is 0 Å². The molecule has 0 unspecified atom stereocenters. The third kappa shape index (κ3) is 1.71. The van der Waals surface area contributed by atoms with Crippen molar-refractivity contribution >= 4 is 17.7 Å². The maximum absolute atomic E-state index is 4.29. The minimum Gasteiger partial charge on any atom is -0.226 e. The highest BCUT2D eigenvalue weighted by atomic mass is 15.7. The molecule has 0 amide bonds. The van der Waals surface area contributed by atoms with E-state index in [1.165, 1.54) is 0 Å². The van der Waals surface area contributed by atoms with Gasteiger partial charge in [0.25, 0.3) is 0 Å². The summed E-state index contributed by atoms with van der Waals surface area (Å²) in [5.74, 6) is 0. The fourth-order valence-electron chi connectivity index (χ4n) is 2.12. The van der Waals surface area contributed by atoms with Crippen molar-refractivity contribution in [3.8, 4) is 0 Å². The van der Waals surface area contributed by atoms with Gasteiger partial charge in [0.2, 0.25) is 6.34 Å². The number of hydrogen-bond donors (Lipinski definition) is 1. The zero-order valence-corrected chi connectivity index (χ0v) is 9.90. The molecule has 0 saturated carbocycles. The summed E-state index contributed by atoms with van der Waals surface area (Å²) in [6, 6.07) is 20.5. The molecule has 1 aliphatic heterocycles. The smallest absolute Gasteiger partial charge is 0.225 e. The van der Waals surface area contributed by atoms with E-state index in [4.69, 9.17) is 0 Å². The lowest BCUT2D eigenvalue weighted by atomic mass is 10.2. The molecule has 2 aromatic carbocycles. The Hall–Kier alpha value is -2.39. The molecule has 0 fully saturated rings. The maximum atomic E-state index is 4.29. The molecule has 0 aromatic heterocycles. The molecule has 88 valence electrons. The van der Waals surface area contributed by atoms with Gasteiger partial charge in [-0.2, -0.15) is 0 Å². The van der Waals surface area contributed by atoms with Gasteiger partial charge in [0.05, 0.1) is 12.4 Å². The molecule has 1 aliphatic rings. The molecule has 1 N–H and O–H groups in total. The minimum atomic E-state index is 0.401. The Kier molecular flexibility index (Phi) is 2.67. The molecule has 0 atom stereocenters. The summed E-state index contributed by atoms with van der Waals surface area (Å²) in [5, 5.41) is 0. The quantitative estimate of drug-likeness (QED) is 0.794. The number of quaternary nitrogens is 1. The van der Waals surface area contributed by atoms with Crippen LogP contribution in [0.4, 0.5) is 11.4 Å². The summed E-state index contributed by atoms with van der Waals surface area (Å²) in [6.07, 6.45) is 5.51. The first kappa shape index (κ1) is 10.7. The fourth-order valence-corrected chi connectivity index (χ4v) is 2.12. The Balaban J connectivity index is 2.17. The lowest BCUT2D eigenvalue weighted by Crippen LogP contribution is -2.53. The molecule has 0 aliphatic carbocycles. The standard InChI is InChI=1S/C15H14N3/c1-3-7-14(8-4-1)18(13-16-11-12-17-18)15-9-5-2-6-10-15/h1-13,17H/q+1. The average molecular weight is 236 g/mol. The van der Waals surface area contributed by atoms with Crippen molar-refractivity contribution in [3.05, 3.63) is 73.1 Å². The molecule has 1 heterocycles. The lowest BCUT2D eigenvalue weighted by molar-refractivity contribution is 0.484. The van der Waals surface area contributed by atoms with E-state index in [2.05, 4.69) is 34.7 Å². The van der Waals surface area contributed by atoms with Gasteiger partial charge in [-0.05, 0) is 0 Å². The summed E-state index contributed by atoms with van der Waals surface area (Å²) in [7, 11) is 0. The molecule has 0 spiro atoms. The molecule has 3 heteroatoms. The van der Waals surface area contributed by atoms with Gasteiger partial charge in [0, 0.05) is 24.3 Å². The molecule has 0 bridgehead atoms. The molecule has 0 radical (unpaired) electrons. The highest BCUT2D eigenvalue weighted by Crippen LogP contribution is 2.31. The summed E-state index contributed by atoms with van der Waals surface area (Å²) in [5.41, 5.74) is 5.62. The van der Waals surface area contributed by atoms with Gasteiger partial charge < -0.3 is 0 Å². The lowest BCUT2D eigenvalue weighted by Gasteiger charge is -2.32. The minimum absolute atomic E-state index is 0.401. The van der Waals surface area contributed by atoms with E-state index in [-0.39, 0.29) is 0 Å². The number of para-hydroxylation sites is 2. The SMILES string of the molecule is C1=CN[N+](c2ccccc2)(c2ccccc2)C=N1. The van der Waals surface area contributed by atoms with E-state index in [9.17, 15) is 0 Å². The topological polar surface area (TPSA) is 24.4 Å². The van der Waals surface area contributed by atoms with Crippen molar-refractivity contribution in [2.75, 3.05) is 0 Å². The fraction of sp³-hybridized carbons (Fsp3) is 0. The van der Waals surface area contributed by atoms with Crippen molar-refractivity contribution in [2.45, 2.75) is 0 Å². The van der Waals surface area contributed by atoms with Crippen LogP contribution >= 0.6 is 0 Å². The van der Waals surface area contributed by atoms with Crippen LogP contribution in [0.5, 0.6) is 0 Å². The predicted octanol–water partition coefficient (Wildman–Crippen LogP) is 3.34. The molecule has 2 aromatic rings. The predicted molar refractivity (Wildman–Crippen MR) is 75.1 cm³/mol. The van der Waals surface area contributed by atoms with Crippen molar-refractivity contribution in [1.29, 1.82) is 0 Å². The highest BCUT2D eigenvalue weighted by molar-refractivity contribution is 5.83. The van der Waals surface area contributed by atoms with Crippen LogP contribution in [0.1, 0.15) is 0 Å². The molecule has 18 heavy (non-hydrogen) atoms. The second-order valence-electron chi connectivity index (χ2n) is 4.10. The summed E-state index contributed by atoms with van der Waals surface area (Å²) < 4.78 is 0.401. The summed E-state index contributed by atoms with van der Waals surface area (Å²) >= 11 is 0. The Morgan fingerprint density at radius 3 is 1.78 bits per heavy atom. The van der Waals surface area contributed by atoms with Gasteiger partial charge in [-0.3, -0.25) is 0 Å². The van der Waals surface area contributed by atoms with Gasteiger partial charge in [-0.15, -0.1) is 4.59 Å². The maximum Gasteiger partial charge on any atom is 0.225 e. The van der Waals surface area contributed by atoms with E-state index in [1.54, 1.807) is 6.20 Å². The van der Waals surface area contributed by atoms with Gasteiger partial charge in [-0.25, -0.2) is 10.4 Å². The van der Waals surface area contributed by atoms with Crippen molar-refractivity contribution in [1.82, 2.24) is 10.0 Å². The average Bonchev–Trinajstić information content (AvgIpc) is 2.50. The first-order valence-corrected chi connectivity index (χ1v) is 5.89. The van der Waals surface area contributed by atoms with Crippen LogP contribution in [0.15, 0.2) is 78.1 Å². The first-order chi connectivity index (χ1) is 8.92. The van der Waals surface area contributed by atoms with Gasteiger partial charge in [0.15, 0.2) is 11.4 Å². The second kappa shape index (κ2) is 4.47. The first-order valence-electron chi connectivity index (χ1n) is 5.89. The second-order valence-corrected chi connectivity index (χ2v) is 4.10. The molecular formula is C15H14N3+. The van der Waals surface area contributed by atoms with Gasteiger partial charge in [-0.1, -0.05) is 36.4 Å². The Morgan fingerprint density at radius 1 is 0.778 bits per heavy atom. The Morgan fingerprint density at radius 2 is 1.33 bits per heavy atom. The molecule has 3 rings (SSSR count). The van der Waals surface area contributed by atoms with Crippen LogP contribution in [0.2, 0.25) is 0 Å². The van der Waals surface area contributed by atoms with Crippen molar-refractivity contribution < 1.29 is 0 Å². The zero-order valence-electron chi connectivity index (χ0n) is 9.90. The van der Waals surface area contributed by atoms with Crippen molar-refractivity contribution in [2.24, 2.45) is 4.99 Å². The molecule has 3 nitrogen and oxygen atoms in total. The van der Waals surface area contributed by atoms with Crippen LogP contribution < -0.4 is 10.0 Å². The van der Waals surface area contributed by atoms with Crippen LogP contribution in [0.25, 0.3) is 0 Å². The summed E-state index contributed by atoms with van der Waals surface area (Å²) in [4.78, 5) is 4.29. The van der Waals surface area contributed by atoms with E-state index in [0.29, 0.717) is 4.59 Å². The number of hydrogen-bond acceptors (Lipinski definition) is 2. The number of nitrogens with one attached hydrogen (secondary N) is 1. The van der Waals surface area contributed by atoms with Crippen LogP contribution in [-0.2, 0) is 0 Å². The van der Waals surface area contributed by atoms with Crippen molar-refractivity contribution in [3.63, 3.8) is 0 Å². The molecule has 0 saturated heterocycles.